The van der Waals surface area contributed by atoms with Crippen molar-refractivity contribution in [3.8, 4) is 0 Å². The van der Waals surface area contributed by atoms with Gasteiger partial charge in [-0.05, 0) is 18.4 Å². The van der Waals surface area contributed by atoms with E-state index in [1.807, 2.05) is 23.1 Å². The average molecular weight is 246 g/mol. The van der Waals surface area contributed by atoms with Gasteiger partial charge in [0, 0.05) is 19.1 Å². The number of likely N-dealkylation sites (tertiary alicyclic amines) is 1. The number of nitrogens with zero attached hydrogens (tertiary/aromatic N) is 1. The van der Waals surface area contributed by atoms with E-state index in [1.165, 1.54) is 5.56 Å². The molecule has 0 radical (unpaired) electrons. The van der Waals surface area contributed by atoms with Crippen molar-refractivity contribution < 1.29 is 4.79 Å². The zero-order valence-electron chi connectivity index (χ0n) is 11.2. The second kappa shape index (κ2) is 6.01. The molecule has 1 aliphatic rings. The molecule has 1 heterocycles. The van der Waals surface area contributed by atoms with E-state index in [0.29, 0.717) is 6.04 Å². The van der Waals surface area contributed by atoms with Crippen LogP contribution in [0.2, 0.25) is 0 Å². The van der Waals surface area contributed by atoms with Crippen molar-refractivity contribution in [2.75, 3.05) is 6.54 Å². The molecule has 3 heteroatoms. The van der Waals surface area contributed by atoms with E-state index in [1.54, 1.807) is 0 Å². The molecule has 18 heavy (non-hydrogen) atoms. The van der Waals surface area contributed by atoms with Gasteiger partial charge in [0.2, 0.25) is 5.91 Å². The van der Waals surface area contributed by atoms with Crippen LogP contribution in [0.5, 0.6) is 0 Å². The molecule has 0 saturated carbocycles. The number of hydrogen-bond acceptors (Lipinski definition) is 2. The molecule has 1 aromatic carbocycles. The molecule has 1 amide bonds. The summed E-state index contributed by atoms with van der Waals surface area (Å²) in [7, 11) is 0. The molecule has 1 N–H and O–H groups in total. The predicted molar refractivity (Wildman–Crippen MR) is 73.2 cm³/mol. The summed E-state index contributed by atoms with van der Waals surface area (Å²) >= 11 is 0. The van der Waals surface area contributed by atoms with Crippen LogP contribution in [0.4, 0.5) is 0 Å². The van der Waals surface area contributed by atoms with Crippen molar-refractivity contribution in [2.24, 2.45) is 0 Å². The Morgan fingerprint density at radius 3 is 2.72 bits per heavy atom. The topological polar surface area (TPSA) is 32.3 Å². The van der Waals surface area contributed by atoms with E-state index in [4.69, 9.17) is 0 Å². The normalized spacial score (nSPS) is 20.5. The minimum absolute atomic E-state index is 0.00228. The molecule has 0 aliphatic carbocycles. The summed E-state index contributed by atoms with van der Waals surface area (Å²) in [6.45, 7) is 5.78. The summed E-state index contributed by atoms with van der Waals surface area (Å²) in [6, 6.07) is 10.6. The Kier molecular flexibility index (Phi) is 4.37. The zero-order chi connectivity index (χ0) is 13.0. The lowest BCUT2D eigenvalue weighted by molar-refractivity contribution is -0.136. The van der Waals surface area contributed by atoms with Crippen LogP contribution in [0.3, 0.4) is 0 Å². The lowest BCUT2D eigenvalue weighted by Crippen LogP contribution is -2.51. The second-order valence-electron chi connectivity index (χ2n) is 5.26. The maximum atomic E-state index is 12.3. The van der Waals surface area contributed by atoms with Crippen molar-refractivity contribution in [1.29, 1.82) is 0 Å². The fourth-order valence-corrected chi connectivity index (χ4v) is 2.46. The van der Waals surface area contributed by atoms with Gasteiger partial charge < -0.3 is 10.2 Å². The molecule has 1 fully saturated rings. The number of benzene rings is 1. The van der Waals surface area contributed by atoms with Gasteiger partial charge in [-0.3, -0.25) is 4.79 Å². The van der Waals surface area contributed by atoms with E-state index in [9.17, 15) is 4.79 Å². The SMILES string of the molecule is CC(C)NC1CCCN(Cc2ccccc2)C1=O. The number of nitrogens with one attached hydrogen (secondary N) is 1. The van der Waals surface area contributed by atoms with Crippen molar-refractivity contribution in [1.82, 2.24) is 10.2 Å². The van der Waals surface area contributed by atoms with Gasteiger partial charge in [-0.2, -0.15) is 0 Å². The van der Waals surface area contributed by atoms with Crippen molar-refractivity contribution in [3.05, 3.63) is 35.9 Å². The smallest absolute Gasteiger partial charge is 0.240 e. The minimum atomic E-state index is 0.00228. The fraction of sp³-hybridized carbons (Fsp3) is 0.533. The lowest BCUT2D eigenvalue weighted by Gasteiger charge is -2.33. The van der Waals surface area contributed by atoms with E-state index >= 15 is 0 Å². The second-order valence-corrected chi connectivity index (χ2v) is 5.26. The molecule has 1 aliphatic heterocycles. The average Bonchev–Trinajstić information content (AvgIpc) is 2.35. The van der Waals surface area contributed by atoms with Gasteiger partial charge in [0.25, 0.3) is 0 Å². The standard InChI is InChI=1S/C15H22N2O/c1-12(2)16-14-9-6-10-17(15(14)18)11-13-7-4-3-5-8-13/h3-5,7-8,12,14,16H,6,9-11H2,1-2H3. The minimum Gasteiger partial charge on any atom is -0.337 e. The molecule has 1 aromatic rings. The Balaban J connectivity index is 1.98. The van der Waals surface area contributed by atoms with Crippen LogP contribution in [0.15, 0.2) is 30.3 Å². The first kappa shape index (κ1) is 13.1. The summed E-state index contributed by atoms with van der Waals surface area (Å²) < 4.78 is 0. The summed E-state index contributed by atoms with van der Waals surface area (Å²) in [5, 5.41) is 3.36. The quantitative estimate of drug-likeness (QED) is 0.883. The summed E-state index contributed by atoms with van der Waals surface area (Å²) in [5.74, 6) is 0.249. The van der Waals surface area contributed by atoms with Crippen molar-refractivity contribution in [3.63, 3.8) is 0 Å². The van der Waals surface area contributed by atoms with Crippen molar-refractivity contribution >= 4 is 5.91 Å². The molecule has 1 saturated heterocycles. The van der Waals surface area contributed by atoms with Gasteiger partial charge in [-0.25, -0.2) is 0 Å². The van der Waals surface area contributed by atoms with E-state index in [0.717, 1.165) is 25.9 Å². The summed E-state index contributed by atoms with van der Waals surface area (Å²) in [4.78, 5) is 14.3. The highest BCUT2D eigenvalue weighted by atomic mass is 16.2. The number of rotatable bonds is 4. The zero-order valence-corrected chi connectivity index (χ0v) is 11.2. The third-order valence-corrected chi connectivity index (χ3v) is 3.28. The molecule has 3 nitrogen and oxygen atoms in total. The molecular formula is C15H22N2O. The Hall–Kier alpha value is -1.35. The first-order valence-corrected chi connectivity index (χ1v) is 6.75. The molecule has 2 rings (SSSR count). The number of piperidine rings is 1. The highest BCUT2D eigenvalue weighted by Gasteiger charge is 2.28. The number of amides is 1. The Labute approximate surface area is 109 Å². The van der Waals surface area contributed by atoms with Gasteiger partial charge in [0.05, 0.1) is 6.04 Å². The van der Waals surface area contributed by atoms with Crippen LogP contribution in [-0.4, -0.2) is 29.4 Å². The predicted octanol–water partition coefficient (Wildman–Crippen LogP) is 2.18. The van der Waals surface area contributed by atoms with Crippen LogP contribution >= 0.6 is 0 Å². The van der Waals surface area contributed by atoms with Gasteiger partial charge in [-0.1, -0.05) is 44.2 Å². The maximum absolute atomic E-state index is 12.3. The van der Waals surface area contributed by atoms with Gasteiger partial charge in [0.15, 0.2) is 0 Å². The van der Waals surface area contributed by atoms with Crippen LogP contribution in [-0.2, 0) is 11.3 Å². The molecule has 98 valence electrons. The van der Waals surface area contributed by atoms with Gasteiger partial charge >= 0.3 is 0 Å². The van der Waals surface area contributed by atoms with E-state index in [2.05, 4.69) is 31.3 Å². The van der Waals surface area contributed by atoms with Gasteiger partial charge in [-0.15, -0.1) is 0 Å². The Bertz CT molecular complexity index is 389. The first-order valence-electron chi connectivity index (χ1n) is 6.75. The molecule has 1 unspecified atom stereocenters. The lowest BCUT2D eigenvalue weighted by atomic mass is 10.0. The number of carbonyl (C=O) groups excluding carboxylic acids is 1. The largest absolute Gasteiger partial charge is 0.337 e. The number of carbonyl (C=O) groups is 1. The molecule has 1 atom stereocenters. The monoisotopic (exact) mass is 246 g/mol. The van der Waals surface area contributed by atoms with Crippen LogP contribution in [0.25, 0.3) is 0 Å². The van der Waals surface area contributed by atoms with Crippen molar-refractivity contribution in [2.45, 2.75) is 45.3 Å². The Morgan fingerprint density at radius 2 is 2.06 bits per heavy atom. The summed E-state index contributed by atoms with van der Waals surface area (Å²) in [6.07, 6.45) is 2.05. The molecule has 0 bridgehead atoms. The molecule has 0 aromatic heterocycles. The van der Waals surface area contributed by atoms with Gasteiger partial charge in [0.1, 0.15) is 0 Å². The highest BCUT2D eigenvalue weighted by molar-refractivity contribution is 5.82. The first-order chi connectivity index (χ1) is 8.66. The molecular weight excluding hydrogens is 224 g/mol. The third-order valence-electron chi connectivity index (χ3n) is 3.28. The Morgan fingerprint density at radius 1 is 1.33 bits per heavy atom. The van der Waals surface area contributed by atoms with E-state index in [-0.39, 0.29) is 11.9 Å². The fourth-order valence-electron chi connectivity index (χ4n) is 2.46. The van der Waals surface area contributed by atoms with Crippen LogP contribution in [0.1, 0.15) is 32.3 Å². The summed E-state index contributed by atoms with van der Waals surface area (Å²) in [5.41, 5.74) is 1.20. The van der Waals surface area contributed by atoms with Crippen LogP contribution in [0, 0.1) is 0 Å². The highest BCUT2D eigenvalue weighted by Crippen LogP contribution is 2.15. The van der Waals surface area contributed by atoms with Crippen LogP contribution < -0.4 is 5.32 Å². The third kappa shape index (κ3) is 3.33. The number of hydrogen-bond donors (Lipinski definition) is 1. The maximum Gasteiger partial charge on any atom is 0.240 e. The molecule has 0 spiro atoms. The van der Waals surface area contributed by atoms with E-state index < -0.39 is 0 Å².